The minimum absolute atomic E-state index is 0.510. The van der Waals surface area contributed by atoms with E-state index in [1.54, 1.807) is 19.9 Å². The second-order valence-corrected chi connectivity index (χ2v) is 5.25. The van der Waals surface area contributed by atoms with Crippen LogP contribution in [0.1, 0.15) is 39.9 Å². The van der Waals surface area contributed by atoms with Crippen LogP contribution >= 0.6 is 0 Å². The first-order valence-electron chi connectivity index (χ1n) is 6.71. The predicted octanol–water partition coefficient (Wildman–Crippen LogP) is 1.31. The Morgan fingerprint density at radius 3 is 2.53 bits per heavy atom. The standard InChI is InChI=1S/C13H25N5O/c1-5-7-10-15-11(17-14)8-12(16-10)18(6-2)9-13(3,4)19/h8,19H,5-7,9,14H2,1-4H3,(H,15,16,17). The van der Waals surface area contributed by atoms with Crippen molar-refractivity contribution in [3.05, 3.63) is 11.9 Å². The molecule has 0 unspecified atom stereocenters. The maximum absolute atomic E-state index is 9.95. The molecule has 0 amide bonds. The van der Waals surface area contributed by atoms with Crippen LogP contribution in [0.15, 0.2) is 6.07 Å². The largest absolute Gasteiger partial charge is 0.389 e. The van der Waals surface area contributed by atoms with Crippen molar-refractivity contribution >= 4 is 11.6 Å². The highest BCUT2D eigenvalue weighted by molar-refractivity contribution is 5.49. The third kappa shape index (κ3) is 5.00. The van der Waals surface area contributed by atoms with Gasteiger partial charge in [0.25, 0.3) is 0 Å². The number of rotatable bonds is 7. The van der Waals surface area contributed by atoms with E-state index in [2.05, 4.69) is 22.3 Å². The summed E-state index contributed by atoms with van der Waals surface area (Å²) in [5.41, 5.74) is 1.79. The second-order valence-electron chi connectivity index (χ2n) is 5.25. The van der Waals surface area contributed by atoms with E-state index < -0.39 is 5.60 Å². The average molecular weight is 267 g/mol. The Bertz CT molecular complexity index is 403. The Hall–Kier alpha value is -1.40. The lowest BCUT2D eigenvalue weighted by molar-refractivity contribution is 0.0874. The molecule has 6 nitrogen and oxygen atoms in total. The summed E-state index contributed by atoms with van der Waals surface area (Å²) < 4.78 is 0. The first-order chi connectivity index (χ1) is 8.89. The number of aliphatic hydroxyl groups is 1. The van der Waals surface area contributed by atoms with Gasteiger partial charge in [-0.15, -0.1) is 0 Å². The van der Waals surface area contributed by atoms with Gasteiger partial charge < -0.3 is 15.4 Å². The van der Waals surface area contributed by atoms with Gasteiger partial charge in [0.2, 0.25) is 0 Å². The van der Waals surface area contributed by atoms with Crippen LogP contribution in [-0.2, 0) is 6.42 Å². The van der Waals surface area contributed by atoms with Crippen LogP contribution < -0.4 is 16.2 Å². The number of hydrogen-bond acceptors (Lipinski definition) is 6. The van der Waals surface area contributed by atoms with E-state index in [0.717, 1.165) is 31.0 Å². The maximum Gasteiger partial charge on any atom is 0.145 e. The van der Waals surface area contributed by atoms with Gasteiger partial charge in [0.1, 0.15) is 17.5 Å². The van der Waals surface area contributed by atoms with E-state index in [9.17, 15) is 5.11 Å². The van der Waals surface area contributed by atoms with Gasteiger partial charge in [-0.2, -0.15) is 0 Å². The van der Waals surface area contributed by atoms with Gasteiger partial charge in [0.15, 0.2) is 0 Å². The quantitative estimate of drug-likeness (QED) is 0.510. The summed E-state index contributed by atoms with van der Waals surface area (Å²) in [5.74, 6) is 7.60. The number of aromatic nitrogens is 2. The van der Waals surface area contributed by atoms with Gasteiger partial charge in [0.05, 0.1) is 5.60 Å². The van der Waals surface area contributed by atoms with Gasteiger partial charge in [-0.1, -0.05) is 6.92 Å². The highest BCUT2D eigenvalue weighted by atomic mass is 16.3. The van der Waals surface area contributed by atoms with Crippen molar-refractivity contribution in [1.82, 2.24) is 9.97 Å². The molecule has 1 rings (SSSR count). The Kier molecular flexibility index (Phi) is 5.50. The number of nitrogen functional groups attached to an aromatic ring is 1. The van der Waals surface area contributed by atoms with Crippen molar-refractivity contribution in [1.29, 1.82) is 0 Å². The smallest absolute Gasteiger partial charge is 0.145 e. The normalized spacial score (nSPS) is 11.5. The van der Waals surface area contributed by atoms with E-state index in [4.69, 9.17) is 5.84 Å². The van der Waals surface area contributed by atoms with Crippen molar-refractivity contribution < 1.29 is 5.11 Å². The monoisotopic (exact) mass is 267 g/mol. The first kappa shape index (κ1) is 15.7. The molecule has 1 heterocycles. The highest BCUT2D eigenvalue weighted by Gasteiger charge is 2.19. The minimum atomic E-state index is -0.776. The van der Waals surface area contributed by atoms with Crippen LogP contribution in [0, 0.1) is 0 Å². The van der Waals surface area contributed by atoms with Gasteiger partial charge in [0, 0.05) is 25.6 Å². The molecular weight excluding hydrogens is 242 g/mol. The van der Waals surface area contributed by atoms with E-state index in [0.29, 0.717) is 12.4 Å². The fourth-order valence-electron chi connectivity index (χ4n) is 1.88. The van der Waals surface area contributed by atoms with E-state index in [-0.39, 0.29) is 0 Å². The zero-order valence-electron chi connectivity index (χ0n) is 12.3. The molecule has 0 fully saturated rings. The summed E-state index contributed by atoms with van der Waals surface area (Å²) >= 11 is 0. The number of nitrogens with zero attached hydrogens (tertiary/aromatic N) is 3. The molecule has 4 N–H and O–H groups in total. The summed E-state index contributed by atoms with van der Waals surface area (Å²) in [4.78, 5) is 10.9. The summed E-state index contributed by atoms with van der Waals surface area (Å²) in [6.45, 7) is 8.95. The third-order valence-corrected chi connectivity index (χ3v) is 2.66. The molecule has 0 saturated heterocycles. The SMILES string of the molecule is CCCc1nc(NN)cc(N(CC)CC(C)(C)O)n1. The van der Waals surface area contributed by atoms with Crippen LogP contribution in [-0.4, -0.2) is 33.8 Å². The first-order valence-corrected chi connectivity index (χ1v) is 6.71. The Labute approximate surface area is 115 Å². The number of likely N-dealkylation sites (N-methyl/N-ethyl adjacent to an activating group) is 1. The van der Waals surface area contributed by atoms with Gasteiger partial charge in [-0.3, -0.25) is 0 Å². The van der Waals surface area contributed by atoms with Crippen molar-refractivity contribution in [2.75, 3.05) is 23.4 Å². The maximum atomic E-state index is 9.95. The Morgan fingerprint density at radius 2 is 2.05 bits per heavy atom. The summed E-state index contributed by atoms with van der Waals surface area (Å²) in [7, 11) is 0. The van der Waals surface area contributed by atoms with Crippen molar-refractivity contribution in [3.63, 3.8) is 0 Å². The van der Waals surface area contributed by atoms with Gasteiger partial charge in [-0.05, 0) is 27.2 Å². The summed E-state index contributed by atoms with van der Waals surface area (Å²) in [5, 5.41) is 9.95. The zero-order valence-corrected chi connectivity index (χ0v) is 12.3. The molecule has 6 heteroatoms. The van der Waals surface area contributed by atoms with E-state index in [1.807, 2.05) is 11.8 Å². The lowest BCUT2D eigenvalue weighted by Gasteiger charge is -2.29. The molecule has 0 aromatic carbocycles. The van der Waals surface area contributed by atoms with Gasteiger partial charge >= 0.3 is 0 Å². The number of nitrogens with two attached hydrogens (primary N) is 1. The number of aryl methyl sites for hydroxylation is 1. The van der Waals surface area contributed by atoms with Crippen LogP contribution in [0.5, 0.6) is 0 Å². The molecule has 0 aliphatic heterocycles. The number of nitrogens with one attached hydrogen (secondary N) is 1. The van der Waals surface area contributed by atoms with Crippen molar-refractivity contribution in [3.8, 4) is 0 Å². The van der Waals surface area contributed by atoms with Crippen molar-refractivity contribution in [2.45, 2.75) is 46.1 Å². The molecule has 0 saturated carbocycles. The molecule has 0 radical (unpaired) electrons. The van der Waals surface area contributed by atoms with Crippen molar-refractivity contribution in [2.24, 2.45) is 5.84 Å². The fraction of sp³-hybridized carbons (Fsp3) is 0.692. The molecule has 19 heavy (non-hydrogen) atoms. The van der Waals surface area contributed by atoms with Crippen LogP contribution in [0.4, 0.5) is 11.6 Å². The molecule has 108 valence electrons. The molecule has 0 aliphatic carbocycles. The molecule has 1 aromatic rings. The molecule has 0 bridgehead atoms. The van der Waals surface area contributed by atoms with E-state index in [1.165, 1.54) is 0 Å². The average Bonchev–Trinajstić information content (AvgIpc) is 2.34. The summed E-state index contributed by atoms with van der Waals surface area (Å²) in [6, 6.07) is 1.80. The fourth-order valence-corrected chi connectivity index (χ4v) is 1.88. The minimum Gasteiger partial charge on any atom is -0.389 e. The summed E-state index contributed by atoms with van der Waals surface area (Å²) in [6.07, 6.45) is 1.79. The Balaban J connectivity index is 3.04. The topological polar surface area (TPSA) is 87.3 Å². The molecule has 0 spiro atoms. The molecular formula is C13H25N5O. The lowest BCUT2D eigenvalue weighted by Crippen LogP contribution is -2.39. The van der Waals surface area contributed by atoms with Crippen LogP contribution in [0.2, 0.25) is 0 Å². The predicted molar refractivity (Wildman–Crippen MR) is 78.0 cm³/mol. The lowest BCUT2D eigenvalue weighted by atomic mass is 10.1. The second kappa shape index (κ2) is 6.68. The molecule has 0 atom stereocenters. The molecule has 1 aromatic heterocycles. The van der Waals surface area contributed by atoms with Crippen LogP contribution in [0.3, 0.4) is 0 Å². The van der Waals surface area contributed by atoms with Gasteiger partial charge in [-0.25, -0.2) is 15.8 Å². The zero-order chi connectivity index (χ0) is 14.5. The Morgan fingerprint density at radius 1 is 1.37 bits per heavy atom. The number of anilines is 2. The van der Waals surface area contributed by atoms with E-state index >= 15 is 0 Å². The van der Waals surface area contributed by atoms with Crippen LogP contribution in [0.25, 0.3) is 0 Å². The highest BCUT2D eigenvalue weighted by Crippen LogP contribution is 2.18. The third-order valence-electron chi connectivity index (χ3n) is 2.66. The molecule has 0 aliphatic rings. The number of hydrogen-bond donors (Lipinski definition) is 3. The number of hydrazine groups is 1.